The molecule has 0 fully saturated rings. The highest BCUT2D eigenvalue weighted by Crippen LogP contribution is 2.28. The van der Waals surface area contributed by atoms with Crippen molar-refractivity contribution in [3.8, 4) is 0 Å². The minimum atomic E-state index is 0.550. The van der Waals surface area contributed by atoms with Gasteiger partial charge in [0.05, 0.1) is 17.6 Å². The maximum Gasteiger partial charge on any atom is 0.146 e. The molecule has 2 N–H and O–H groups in total. The molecule has 0 unspecified atom stereocenters. The van der Waals surface area contributed by atoms with E-state index in [2.05, 4.69) is 33.4 Å². The fraction of sp³-hybridized carbons (Fsp3) is 0.312. The van der Waals surface area contributed by atoms with Crippen molar-refractivity contribution in [2.75, 3.05) is 5.73 Å². The van der Waals surface area contributed by atoms with E-state index in [1.54, 1.807) is 0 Å². The first-order valence-electron chi connectivity index (χ1n) is 6.99. The summed E-state index contributed by atoms with van der Waals surface area (Å²) in [7, 11) is 0. The summed E-state index contributed by atoms with van der Waals surface area (Å²) in [5.41, 5.74) is 11.3. The predicted molar refractivity (Wildman–Crippen MR) is 84.2 cm³/mol. The van der Waals surface area contributed by atoms with Crippen LogP contribution in [0.15, 0.2) is 18.2 Å². The molecule has 0 bridgehead atoms. The number of nitrogens with zero attached hydrogens (tertiary/aromatic N) is 4. The molecule has 0 spiro atoms. The molecule has 3 aromatic heterocycles. The molecule has 0 aromatic carbocycles. The van der Waals surface area contributed by atoms with Gasteiger partial charge in [0.2, 0.25) is 0 Å². The van der Waals surface area contributed by atoms with Gasteiger partial charge in [-0.3, -0.25) is 4.98 Å². The molecule has 0 aliphatic heterocycles. The summed E-state index contributed by atoms with van der Waals surface area (Å²) >= 11 is 0. The van der Waals surface area contributed by atoms with Gasteiger partial charge in [0.15, 0.2) is 0 Å². The van der Waals surface area contributed by atoms with E-state index in [4.69, 9.17) is 5.73 Å². The molecular formula is C16H19N5. The van der Waals surface area contributed by atoms with E-state index in [1.807, 2.05) is 32.0 Å². The first-order chi connectivity index (χ1) is 9.97. The second-order valence-electron chi connectivity index (χ2n) is 5.42. The molecule has 0 aliphatic carbocycles. The summed E-state index contributed by atoms with van der Waals surface area (Å²) in [6, 6.07) is 6.06. The van der Waals surface area contributed by atoms with Crippen molar-refractivity contribution in [3.63, 3.8) is 0 Å². The second-order valence-corrected chi connectivity index (χ2v) is 5.42. The first kappa shape index (κ1) is 13.5. The zero-order valence-corrected chi connectivity index (χ0v) is 12.8. The molecule has 108 valence electrons. The van der Waals surface area contributed by atoms with Gasteiger partial charge < -0.3 is 10.3 Å². The van der Waals surface area contributed by atoms with Gasteiger partial charge in [0.25, 0.3) is 0 Å². The molecule has 3 rings (SSSR count). The lowest BCUT2D eigenvalue weighted by atomic mass is 10.2. The molecule has 5 nitrogen and oxygen atoms in total. The Labute approximate surface area is 123 Å². The minimum absolute atomic E-state index is 0.550. The normalized spacial score (nSPS) is 11.2. The van der Waals surface area contributed by atoms with Crippen LogP contribution in [-0.4, -0.2) is 19.5 Å². The SMILES string of the molecule is Cc1cccc(Cn2c(C)c(C)c3c(N)nc(C)nc32)n1. The van der Waals surface area contributed by atoms with Crippen molar-refractivity contribution >= 4 is 16.9 Å². The van der Waals surface area contributed by atoms with Crippen LogP contribution in [0.5, 0.6) is 0 Å². The zero-order chi connectivity index (χ0) is 15.1. The lowest BCUT2D eigenvalue weighted by Gasteiger charge is -2.08. The van der Waals surface area contributed by atoms with Gasteiger partial charge in [-0.25, -0.2) is 9.97 Å². The monoisotopic (exact) mass is 281 g/mol. The molecule has 3 heterocycles. The van der Waals surface area contributed by atoms with Crippen LogP contribution in [0, 0.1) is 27.7 Å². The number of rotatable bonds is 2. The summed E-state index contributed by atoms with van der Waals surface area (Å²) < 4.78 is 2.16. The number of hydrogen-bond acceptors (Lipinski definition) is 4. The molecule has 0 saturated carbocycles. The Morgan fingerprint density at radius 2 is 1.81 bits per heavy atom. The zero-order valence-electron chi connectivity index (χ0n) is 12.8. The van der Waals surface area contributed by atoms with E-state index in [0.717, 1.165) is 33.7 Å². The van der Waals surface area contributed by atoms with Crippen LogP contribution in [0.4, 0.5) is 5.82 Å². The summed E-state index contributed by atoms with van der Waals surface area (Å²) in [5, 5.41) is 0.950. The molecule has 0 radical (unpaired) electrons. The lowest BCUT2D eigenvalue weighted by Crippen LogP contribution is -2.06. The maximum absolute atomic E-state index is 6.08. The van der Waals surface area contributed by atoms with Crippen LogP contribution < -0.4 is 5.73 Å². The third kappa shape index (κ3) is 2.24. The third-order valence-corrected chi connectivity index (χ3v) is 3.87. The average Bonchev–Trinajstić information content (AvgIpc) is 2.64. The van der Waals surface area contributed by atoms with Gasteiger partial charge in [0, 0.05) is 11.4 Å². The smallest absolute Gasteiger partial charge is 0.146 e. The molecule has 0 atom stereocenters. The molecule has 0 aliphatic rings. The van der Waals surface area contributed by atoms with E-state index in [0.29, 0.717) is 18.2 Å². The topological polar surface area (TPSA) is 69.6 Å². The van der Waals surface area contributed by atoms with Crippen LogP contribution in [0.3, 0.4) is 0 Å². The van der Waals surface area contributed by atoms with E-state index < -0.39 is 0 Å². The van der Waals surface area contributed by atoms with Crippen LogP contribution in [0.1, 0.15) is 28.5 Å². The fourth-order valence-corrected chi connectivity index (χ4v) is 2.72. The fourth-order valence-electron chi connectivity index (χ4n) is 2.72. The molecule has 3 aromatic rings. The van der Waals surface area contributed by atoms with Crippen molar-refractivity contribution in [1.29, 1.82) is 0 Å². The van der Waals surface area contributed by atoms with Crippen molar-refractivity contribution in [2.45, 2.75) is 34.2 Å². The molecule has 0 amide bonds. The summed E-state index contributed by atoms with van der Waals surface area (Å²) in [4.78, 5) is 13.4. The van der Waals surface area contributed by atoms with Gasteiger partial charge in [-0.05, 0) is 45.4 Å². The van der Waals surface area contributed by atoms with Gasteiger partial charge >= 0.3 is 0 Å². The Hall–Kier alpha value is -2.43. The minimum Gasteiger partial charge on any atom is -0.383 e. The quantitative estimate of drug-likeness (QED) is 0.784. The van der Waals surface area contributed by atoms with Gasteiger partial charge in [-0.1, -0.05) is 6.07 Å². The Bertz CT molecular complexity index is 832. The number of nitrogens with two attached hydrogens (primary N) is 1. The second kappa shape index (κ2) is 4.84. The maximum atomic E-state index is 6.08. The number of hydrogen-bond donors (Lipinski definition) is 1. The highest BCUT2D eigenvalue weighted by Gasteiger charge is 2.16. The number of pyridine rings is 1. The summed E-state index contributed by atoms with van der Waals surface area (Å²) in [5.74, 6) is 1.24. The molecular weight excluding hydrogens is 262 g/mol. The van der Waals surface area contributed by atoms with Crippen molar-refractivity contribution < 1.29 is 0 Å². The van der Waals surface area contributed by atoms with Gasteiger partial charge in [0.1, 0.15) is 17.3 Å². The number of fused-ring (bicyclic) bond motifs is 1. The Morgan fingerprint density at radius 1 is 1.05 bits per heavy atom. The van der Waals surface area contributed by atoms with E-state index >= 15 is 0 Å². The van der Waals surface area contributed by atoms with Crippen LogP contribution in [-0.2, 0) is 6.54 Å². The van der Waals surface area contributed by atoms with E-state index in [1.165, 1.54) is 0 Å². The largest absolute Gasteiger partial charge is 0.383 e. The highest BCUT2D eigenvalue weighted by atomic mass is 15.1. The average molecular weight is 281 g/mol. The van der Waals surface area contributed by atoms with Crippen LogP contribution >= 0.6 is 0 Å². The number of aryl methyl sites for hydroxylation is 3. The number of aromatic nitrogens is 4. The van der Waals surface area contributed by atoms with Crippen molar-refractivity contribution in [3.05, 3.63) is 46.7 Å². The van der Waals surface area contributed by atoms with Crippen molar-refractivity contribution in [2.24, 2.45) is 0 Å². The first-order valence-corrected chi connectivity index (χ1v) is 6.99. The van der Waals surface area contributed by atoms with Crippen LogP contribution in [0.2, 0.25) is 0 Å². The Morgan fingerprint density at radius 3 is 2.52 bits per heavy atom. The van der Waals surface area contributed by atoms with Gasteiger partial charge in [-0.2, -0.15) is 0 Å². The number of nitrogen functional groups attached to an aromatic ring is 1. The Balaban J connectivity index is 2.20. The molecule has 5 heteroatoms. The Kier molecular flexibility index (Phi) is 3.12. The highest BCUT2D eigenvalue weighted by molar-refractivity contribution is 5.91. The summed E-state index contributed by atoms with van der Waals surface area (Å²) in [6.45, 7) is 8.70. The predicted octanol–water partition coefficient (Wildman–Crippen LogP) is 2.69. The number of anilines is 1. The van der Waals surface area contributed by atoms with E-state index in [-0.39, 0.29) is 0 Å². The van der Waals surface area contributed by atoms with Crippen LogP contribution in [0.25, 0.3) is 11.0 Å². The van der Waals surface area contributed by atoms with E-state index in [9.17, 15) is 0 Å². The molecule has 21 heavy (non-hydrogen) atoms. The lowest BCUT2D eigenvalue weighted by molar-refractivity contribution is 0.762. The summed E-state index contributed by atoms with van der Waals surface area (Å²) in [6.07, 6.45) is 0. The van der Waals surface area contributed by atoms with Crippen molar-refractivity contribution in [1.82, 2.24) is 19.5 Å². The molecule has 0 saturated heterocycles. The van der Waals surface area contributed by atoms with Gasteiger partial charge in [-0.15, -0.1) is 0 Å². The standard InChI is InChI=1S/C16H19N5/c1-9-6-5-7-13(18-9)8-21-11(3)10(2)14-15(17)19-12(4)20-16(14)21/h5-7H,8H2,1-4H3,(H2,17,19,20). The third-order valence-electron chi connectivity index (χ3n) is 3.87.